The molecule has 5 aliphatic rings. The highest BCUT2D eigenvalue weighted by Gasteiger charge is 2.70. The molecule has 3 saturated carbocycles. The van der Waals surface area contributed by atoms with E-state index < -0.39 is 33.6 Å². The summed E-state index contributed by atoms with van der Waals surface area (Å²) in [4.78, 5) is 39.9. The number of hydrogen-bond acceptors (Lipinski definition) is 4. The number of nitrogens with zero attached hydrogens (tertiary/aromatic N) is 1. The molecule has 0 heterocycles. The van der Waals surface area contributed by atoms with Gasteiger partial charge in [0.2, 0.25) is 0 Å². The number of allylic oxidation sites excluding steroid dienone is 4. The van der Waals surface area contributed by atoms with Gasteiger partial charge in [-0.1, -0.05) is 60.1 Å². The molecule has 0 aromatic heterocycles. The van der Waals surface area contributed by atoms with Crippen molar-refractivity contribution in [3.8, 4) is 6.07 Å². The lowest BCUT2D eigenvalue weighted by Crippen LogP contribution is -2.65. The molecule has 0 aromatic carbocycles. The van der Waals surface area contributed by atoms with Gasteiger partial charge in [-0.3, -0.25) is 14.4 Å². The number of carbonyl (C=O) groups excluding carboxylic acids is 3. The Morgan fingerprint density at radius 3 is 2.25 bits per heavy atom. The minimum atomic E-state index is -1.23. The fourth-order valence-electron chi connectivity index (χ4n) is 9.98. The van der Waals surface area contributed by atoms with E-state index in [0.29, 0.717) is 25.7 Å². The Balaban J connectivity index is 1.71. The zero-order valence-electron chi connectivity index (χ0n) is 22.9. The molecule has 0 bridgehead atoms. The molecular formula is C31H40FNO3. The first kappa shape index (κ1) is 25.6. The molecule has 4 nitrogen and oxygen atoms in total. The molecule has 0 amide bonds. The van der Waals surface area contributed by atoms with E-state index in [2.05, 4.69) is 40.7 Å². The second-order valence-electron chi connectivity index (χ2n) is 14.7. The smallest absolute Gasteiger partial charge is 0.295 e. The van der Waals surface area contributed by atoms with Crippen LogP contribution in [0.1, 0.15) is 93.4 Å². The molecular weight excluding hydrogens is 453 g/mol. The average Bonchev–Trinajstić information content (AvgIpc) is 2.77. The summed E-state index contributed by atoms with van der Waals surface area (Å²) >= 11 is 0. The number of ketones is 2. The highest BCUT2D eigenvalue weighted by molar-refractivity contribution is 6.04. The molecule has 0 N–H and O–H groups in total. The van der Waals surface area contributed by atoms with Gasteiger partial charge in [0, 0.05) is 16.7 Å². The lowest BCUT2D eigenvalue weighted by Gasteiger charge is -2.68. The van der Waals surface area contributed by atoms with E-state index in [1.807, 2.05) is 19.9 Å². The van der Waals surface area contributed by atoms with Crippen molar-refractivity contribution in [1.29, 1.82) is 5.26 Å². The van der Waals surface area contributed by atoms with E-state index in [1.54, 1.807) is 6.08 Å². The number of halogens is 1. The Labute approximate surface area is 214 Å². The van der Waals surface area contributed by atoms with Crippen LogP contribution in [0.3, 0.4) is 0 Å². The summed E-state index contributed by atoms with van der Waals surface area (Å²) < 4.78 is 14.9. The molecule has 0 aromatic rings. The number of fused-ring (bicyclic) bond motifs is 7. The topological polar surface area (TPSA) is 75.0 Å². The van der Waals surface area contributed by atoms with Crippen molar-refractivity contribution in [3.63, 3.8) is 0 Å². The first-order chi connectivity index (χ1) is 16.5. The maximum absolute atomic E-state index is 14.9. The quantitative estimate of drug-likeness (QED) is 0.381. The average molecular weight is 494 g/mol. The number of carbonyl (C=O) groups is 3. The fraction of sp³-hybridized carbons (Fsp3) is 0.742. The first-order valence-electron chi connectivity index (χ1n) is 13.6. The molecule has 5 rings (SSSR count). The number of hydrogen-bond donors (Lipinski definition) is 0. The highest BCUT2D eigenvalue weighted by Crippen LogP contribution is 2.74. The summed E-state index contributed by atoms with van der Waals surface area (Å²) in [6.45, 7) is 14.8. The van der Waals surface area contributed by atoms with Gasteiger partial charge >= 0.3 is 6.04 Å². The minimum absolute atomic E-state index is 0.00138. The van der Waals surface area contributed by atoms with Gasteiger partial charge in [-0.2, -0.15) is 9.65 Å². The molecule has 0 aliphatic heterocycles. The molecule has 5 heteroatoms. The number of nitriles is 1. The third-order valence-corrected chi connectivity index (χ3v) is 12.3. The van der Waals surface area contributed by atoms with Gasteiger partial charge in [0.1, 0.15) is 6.07 Å². The van der Waals surface area contributed by atoms with Gasteiger partial charge in [-0.05, 0) is 79.1 Å². The van der Waals surface area contributed by atoms with Crippen molar-refractivity contribution in [2.75, 3.05) is 0 Å². The molecule has 0 radical (unpaired) electrons. The van der Waals surface area contributed by atoms with E-state index in [4.69, 9.17) is 0 Å². The molecule has 36 heavy (non-hydrogen) atoms. The van der Waals surface area contributed by atoms with Gasteiger partial charge < -0.3 is 0 Å². The van der Waals surface area contributed by atoms with Crippen LogP contribution in [-0.2, 0) is 14.4 Å². The van der Waals surface area contributed by atoms with Crippen molar-refractivity contribution in [2.45, 2.75) is 93.4 Å². The number of rotatable bonds is 1. The molecule has 0 spiro atoms. The normalized spacial score (nSPS) is 46.7. The van der Waals surface area contributed by atoms with E-state index in [-0.39, 0.29) is 39.8 Å². The van der Waals surface area contributed by atoms with E-state index in [9.17, 15) is 24.0 Å². The van der Waals surface area contributed by atoms with Gasteiger partial charge in [0.15, 0.2) is 11.6 Å². The lowest BCUT2D eigenvalue weighted by molar-refractivity contribution is -0.183. The van der Waals surface area contributed by atoms with Gasteiger partial charge in [-0.15, -0.1) is 0 Å². The van der Waals surface area contributed by atoms with Gasteiger partial charge in [0.05, 0.1) is 11.0 Å². The van der Waals surface area contributed by atoms with Crippen molar-refractivity contribution in [2.24, 2.45) is 50.2 Å². The summed E-state index contributed by atoms with van der Waals surface area (Å²) in [6.07, 6.45) is 8.38. The predicted octanol–water partition coefficient (Wildman–Crippen LogP) is 6.70. The minimum Gasteiger partial charge on any atom is -0.295 e. The Morgan fingerprint density at radius 1 is 1.00 bits per heavy atom. The summed E-state index contributed by atoms with van der Waals surface area (Å²) in [5.41, 5.74) is -1.95. The summed E-state index contributed by atoms with van der Waals surface area (Å²) in [7, 11) is 0. The maximum atomic E-state index is 14.9. The lowest BCUT2D eigenvalue weighted by atomic mass is 9.34. The number of Topliss-reactive ketones (excluding diaryl/α,β-unsaturated/α-hetero) is 1. The first-order valence-corrected chi connectivity index (χ1v) is 13.6. The highest BCUT2D eigenvalue weighted by atomic mass is 19.1. The Bertz CT molecular complexity index is 1190. The van der Waals surface area contributed by atoms with Crippen molar-refractivity contribution < 1.29 is 18.8 Å². The second-order valence-corrected chi connectivity index (χ2v) is 14.7. The third-order valence-electron chi connectivity index (χ3n) is 12.3. The molecule has 7 atom stereocenters. The van der Waals surface area contributed by atoms with Crippen LogP contribution in [-0.4, -0.2) is 17.6 Å². The summed E-state index contributed by atoms with van der Waals surface area (Å²) in [6, 6.07) is 0.903. The van der Waals surface area contributed by atoms with Crippen molar-refractivity contribution in [3.05, 3.63) is 23.3 Å². The van der Waals surface area contributed by atoms with Crippen LogP contribution in [0.15, 0.2) is 23.3 Å². The van der Waals surface area contributed by atoms with Crippen LogP contribution in [0.5, 0.6) is 0 Å². The molecule has 0 saturated heterocycles. The largest absolute Gasteiger partial charge is 0.307 e. The zero-order valence-corrected chi connectivity index (χ0v) is 22.9. The van der Waals surface area contributed by atoms with Crippen LogP contribution in [0.25, 0.3) is 0 Å². The monoisotopic (exact) mass is 493 g/mol. The Kier molecular flexibility index (Phi) is 5.16. The molecule has 194 valence electrons. The van der Waals surface area contributed by atoms with Gasteiger partial charge in [-0.25, -0.2) is 0 Å². The standard InChI is InChI=1S/C31H40FNO3/c1-26(2)10-12-31(25(32)36)13-11-30(7)23(19(31)16-26)20(34)14-22-28(5)15-18(17-33)24(35)27(3,4)21(28)8-9-29(22,30)6/h14-15,19,21,23H,8-13,16H2,1-7H3/t19?,21?,23?,28-,29+,30+,31-/m0/s1. The molecule has 3 fully saturated rings. The van der Waals surface area contributed by atoms with Gasteiger partial charge in [0.25, 0.3) is 0 Å². The summed E-state index contributed by atoms with van der Waals surface area (Å²) in [5.74, 6) is -0.833. The van der Waals surface area contributed by atoms with Crippen molar-refractivity contribution in [1.82, 2.24) is 0 Å². The predicted molar refractivity (Wildman–Crippen MR) is 135 cm³/mol. The fourth-order valence-corrected chi connectivity index (χ4v) is 9.98. The van der Waals surface area contributed by atoms with Crippen LogP contribution in [0.4, 0.5) is 4.39 Å². The van der Waals surface area contributed by atoms with Crippen LogP contribution in [0, 0.1) is 61.6 Å². The third kappa shape index (κ3) is 2.88. The van der Waals surface area contributed by atoms with E-state index in [1.165, 1.54) is 0 Å². The summed E-state index contributed by atoms with van der Waals surface area (Å²) in [5, 5.41) is 9.81. The van der Waals surface area contributed by atoms with E-state index >= 15 is 0 Å². The zero-order chi connectivity index (χ0) is 26.7. The second kappa shape index (κ2) is 7.27. The van der Waals surface area contributed by atoms with Crippen LogP contribution < -0.4 is 0 Å². The Morgan fingerprint density at radius 2 is 1.64 bits per heavy atom. The maximum Gasteiger partial charge on any atom is 0.307 e. The van der Waals surface area contributed by atoms with Crippen LogP contribution >= 0.6 is 0 Å². The van der Waals surface area contributed by atoms with Crippen LogP contribution in [0.2, 0.25) is 0 Å². The Hall–Kier alpha value is -2.09. The molecule has 5 aliphatic carbocycles. The molecule has 3 unspecified atom stereocenters. The van der Waals surface area contributed by atoms with Crippen molar-refractivity contribution >= 4 is 17.6 Å². The SMILES string of the molecule is CC1(C)CC[C@]2(C(=O)F)CC[C@]3(C)C(C(=O)C=C4[C@@]5(C)C=C(C#N)C(=O)C(C)(C)C5CC[C@]43C)C2C1. The van der Waals surface area contributed by atoms with E-state index in [0.717, 1.165) is 24.8 Å².